The van der Waals surface area contributed by atoms with Crippen LogP contribution in [0.5, 0.6) is 0 Å². The molecule has 1 unspecified atom stereocenters. The van der Waals surface area contributed by atoms with Crippen molar-refractivity contribution in [3.05, 3.63) is 46.7 Å². The number of fused-ring (bicyclic) bond motifs is 1. The molecule has 0 bridgehead atoms. The molecule has 0 saturated carbocycles. The lowest BCUT2D eigenvalue weighted by Crippen LogP contribution is -1.98. The molecule has 108 valence electrons. The number of halogens is 1. The quantitative estimate of drug-likeness (QED) is 0.756. The molecule has 3 rings (SSSR count). The highest BCUT2D eigenvalue weighted by molar-refractivity contribution is 9.10. The minimum Gasteiger partial charge on any atom is -0.385 e. The van der Waals surface area contributed by atoms with Gasteiger partial charge in [0, 0.05) is 10.0 Å². The average molecular weight is 347 g/mol. The van der Waals surface area contributed by atoms with E-state index in [4.69, 9.17) is 4.52 Å². The van der Waals surface area contributed by atoms with Gasteiger partial charge in [-0.05, 0) is 41.5 Å². The Bertz CT molecular complexity index is 770. The molecule has 0 radical (unpaired) electrons. The van der Waals surface area contributed by atoms with Crippen molar-refractivity contribution in [1.29, 1.82) is 0 Å². The van der Waals surface area contributed by atoms with Crippen LogP contribution < -0.4 is 0 Å². The lowest BCUT2D eigenvalue weighted by Gasteiger charge is -2.02. The summed E-state index contributed by atoms with van der Waals surface area (Å²) in [5.74, 6) is 0.785. The summed E-state index contributed by atoms with van der Waals surface area (Å²) in [5, 5.41) is 16.0. The molecule has 0 aliphatic heterocycles. The molecule has 0 spiro atoms. The van der Waals surface area contributed by atoms with Crippen molar-refractivity contribution in [1.82, 2.24) is 10.1 Å². The van der Waals surface area contributed by atoms with Crippen molar-refractivity contribution in [3.8, 4) is 11.5 Å². The Balaban J connectivity index is 1.95. The first-order chi connectivity index (χ1) is 10.2. The van der Waals surface area contributed by atoms with Crippen LogP contribution in [0.15, 0.2) is 45.4 Å². The van der Waals surface area contributed by atoms with Gasteiger partial charge in [-0.3, -0.25) is 0 Å². The summed E-state index contributed by atoms with van der Waals surface area (Å²) in [6.45, 7) is 2.01. The van der Waals surface area contributed by atoms with Gasteiger partial charge >= 0.3 is 0 Å². The second kappa shape index (κ2) is 5.95. The minimum absolute atomic E-state index is 0.350. The number of rotatable bonds is 4. The molecule has 0 amide bonds. The van der Waals surface area contributed by atoms with Gasteiger partial charge in [0.1, 0.15) is 6.10 Å². The highest BCUT2D eigenvalue weighted by Crippen LogP contribution is 2.26. The Morgan fingerprint density at radius 1 is 1.19 bits per heavy atom. The number of aromatic nitrogens is 2. The normalized spacial score (nSPS) is 12.7. The summed E-state index contributed by atoms with van der Waals surface area (Å²) in [6, 6.07) is 12.1. The monoisotopic (exact) mass is 346 g/mol. The Kier molecular flexibility index (Phi) is 4.03. The molecule has 0 fully saturated rings. The van der Waals surface area contributed by atoms with Gasteiger partial charge in [0.15, 0.2) is 0 Å². The molecule has 1 N–H and O–H groups in total. The van der Waals surface area contributed by atoms with E-state index in [0.717, 1.165) is 27.2 Å². The number of hydrogen-bond donors (Lipinski definition) is 1. The molecule has 21 heavy (non-hydrogen) atoms. The van der Waals surface area contributed by atoms with E-state index >= 15 is 0 Å². The lowest BCUT2D eigenvalue weighted by atomic mass is 10.1. The summed E-state index contributed by atoms with van der Waals surface area (Å²) in [4.78, 5) is 4.29. The van der Waals surface area contributed by atoms with Crippen molar-refractivity contribution in [2.75, 3.05) is 0 Å². The summed E-state index contributed by atoms with van der Waals surface area (Å²) >= 11 is 3.46. The summed E-state index contributed by atoms with van der Waals surface area (Å²) in [6.07, 6.45) is 0.838. The van der Waals surface area contributed by atoms with Crippen LogP contribution in [0, 0.1) is 0 Å². The van der Waals surface area contributed by atoms with Crippen LogP contribution in [0.25, 0.3) is 22.2 Å². The molecule has 2 aromatic carbocycles. The van der Waals surface area contributed by atoms with Gasteiger partial charge in [0.25, 0.3) is 5.89 Å². The first-order valence-electron chi connectivity index (χ1n) is 6.88. The second-order valence-electron chi connectivity index (χ2n) is 4.97. The van der Waals surface area contributed by atoms with Crippen LogP contribution in [-0.4, -0.2) is 15.2 Å². The van der Waals surface area contributed by atoms with E-state index in [1.54, 1.807) is 0 Å². The lowest BCUT2D eigenvalue weighted by molar-refractivity contribution is 0.153. The molecule has 3 aromatic rings. The van der Waals surface area contributed by atoms with E-state index < -0.39 is 6.10 Å². The van der Waals surface area contributed by atoms with Crippen molar-refractivity contribution in [2.45, 2.75) is 25.9 Å². The van der Waals surface area contributed by atoms with Gasteiger partial charge in [-0.2, -0.15) is 4.98 Å². The Morgan fingerprint density at radius 2 is 1.95 bits per heavy atom. The zero-order valence-electron chi connectivity index (χ0n) is 11.6. The molecule has 5 heteroatoms. The Labute approximate surface area is 130 Å². The fourth-order valence-corrected chi connectivity index (χ4v) is 2.62. The van der Waals surface area contributed by atoms with Crippen LogP contribution >= 0.6 is 15.9 Å². The topological polar surface area (TPSA) is 59.2 Å². The average Bonchev–Trinajstić information content (AvgIpc) is 2.97. The van der Waals surface area contributed by atoms with Gasteiger partial charge in [0.2, 0.25) is 5.82 Å². The first-order valence-corrected chi connectivity index (χ1v) is 7.68. The molecule has 0 aliphatic carbocycles. The molecule has 0 aliphatic rings. The third kappa shape index (κ3) is 2.99. The fourth-order valence-electron chi connectivity index (χ4n) is 2.24. The van der Waals surface area contributed by atoms with Crippen molar-refractivity contribution in [3.63, 3.8) is 0 Å². The minimum atomic E-state index is -0.663. The van der Waals surface area contributed by atoms with Gasteiger partial charge in [-0.25, -0.2) is 0 Å². The van der Waals surface area contributed by atoms with Gasteiger partial charge in [-0.1, -0.05) is 46.6 Å². The summed E-state index contributed by atoms with van der Waals surface area (Å²) in [5.41, 5.74) is 0.854. The third-order valence-electron chi connectivity index (χ3n) is 3.35. The second-order valence-corrected chi connectivity index (χ2v) is 5.88. The smallest absolute Gasteiger partial charge is 0.258 e. The highest BCUT2D eigenvalue weighted by Gasteiger charge is 2.15. The zero-order chi connectivity index (χ0) is 14.8. The van der Waals surface area contributed by atoms with Gasteiger partial charge in [0.05, 0.1) is 0 Å². The maximum Gasteiger partial charge on any atom is 0.258 e. The Morgan fingerprint density at radius 3 is 2.76 bits per heavy atom. The van der Waals surface area contributed by atoms with Gasteiger partial charge < -0.3 is 9.63 Å². The number of hydrogen-bond acceptors (Lipinski definition) is 4. The largest absolute Gasteiger partial charge is 0.385 e. The van der Waals surface area contributed by atoms with Crippen LogP contribution in [0.4, 0.5) is 0 Å². The summed E-state index contributed by atoms with van der Waals surface area (Å²) < 4.78 is 6.31. The first kappa shape index (κ1) is 14.2. The van der Waals surface area contributed by atoms with Crippen molar-refractivity contribution >= 4 is 26.7 Å². The number of benzene rings is 2. The molecular weight excluding hydrogens is 332 g/mol. The fraction of sp³-hybridized carbons (Fsp3) is 0.250. The van der Waals surface area contributed by atoms with E-state index in [1.165, 1.54) is 0 Å². The van der Waals surface area contributed by atoms with Crippen LogP contribution in [0.2, 0.25) is 0 Å². The third-order valence-corrected chi connectivity index (χ3v) is 3.84. The van der Waals surface area contributed by atoms with Crippen molar-refractivity contribution < 1.29 is 9.63 Å². The van der Waals surface area contributed by atoms with Crippen LogP contribution in [0.1, 0.15) is 31.7 Å². The number of aliphatic hydroxyl groups is 1. The molecule has 0 saturated heterocycles. The predicted molar refractivity (Wildman–Crippen MR) is 84.8 cm³/mol. The number of nitrogens with zero attached hydrogens (tertiary/aromatic N) is 2. The van der Waals surface area contributed by atoms with Gasteiger partial charge in [-0.15, -0.1) is 0 Å². The van der Waals surface area contributed by atoms with E-state index in [9.17, 15) is 5.11 Å². The van der Waals surface area contributed by atoms with E-state index in [2.05, 4.69) is 32.1 Å². The molecular formula is C16H15BrN2O2. The molecule has 1 aromatic heterocycles. The molecule has 4 nitrogen and oxygen atoms in total. The van der Waals surface area contributed by atoms with Crippen LogP contribution in [0.3, 0.4) is 0 Å². The SMILES string of the molecule is CCCC(O)c1noc(-c2ccc3cc(Br)ccc3c2)n1. The zero-order valence-corrected chi connectivity index (χ0v) is 13.2. The highest BCUT2D eigenvalue weighted by atomic mass is 79.9. The van der Waals surface area contributed by atoms with E-state index in [1.807, 2.05) is 37.3 Å². The van der Waals surface area contributed by atoms with E-state index in [-0.39, 0.29) is 0 Å². The predicted octanol–water partition coefficient (Wildman–Crippen LogP) is 4.49. The number of aliphatic hydroxyl groups excluding tert-OH is 1. The summed E-state index contributed by atoms with van der Waals surface area (Å²) in [7, 11) is 0. The van der Waals surface area contributed by atoms with E-state index in [0.29, 0.717) is 18.1 Å². The maximum atomic E-state index is 9.89. The standard InChI is InChI=1S/C16H15BrN2O2/c1-2-3-14(20)15-18-16(21-19-15)12-5-4-11-9-13(17)7-6-10(11)8-12/h4-9,14,20H,2-3H2,1H3. The maximum absolute atomic E-state index is 9.89. The molecule has 1 heterocycles. The Hall–Kier alpha value is -1.72. The van der Waals surface area contributed by atoms with Crippen molar-refractivity contribution in [2.24, 2.45) is 0 Å². The molecule has 1 atom stereocenters. The van der Waals surface area contributed by atoms with Crippen LogP contribution in [-0.2, 0) is 0 Å².